The molecule has 0 radical (unpaired) electrons. The molecular formula is C13H14N4O2. The van der Waals surface area contributed by atoms with E-state index < -0.39 is 0 Å². The van der Waals surface area contributed by atoms with Crippen LogP contribution in [-0.2, 0) is 0 Å². The van der Waals surface area contributed by atoms with Gasteiger partial charge in [0, 0.05) is 23.5 Å². The number of anilines is 2. The van der Waals surface area contributed by atoms with Crippen LogP contribution in [0.5, 0.6) is 5.75 Å². The fraction of sp³-hybridized carbons (Fsp3) is 0.0769. The molecule has 6 heteroatoms. The zero-order valence-corrected chi connectivity index (χ0v) is 10.4. The topological polar surface area (TPSA) is 89.3 Å². The summed E-state index contributed by atoms with van der Waals surface area (Å²) in [6.45, 7) is 0. The van der Waals surface area contributed by atoms with Crippen LogP contribution in [0.4, 0.5) is 11.5 Å². The molecule has 0 spiro atoms. The molecule has 0 aliphatic heterocycles. The number of amides is 1. The minimum Gasteiger partial charge on any atom is -0.497 e. The number of hydrogen-bond donors (Lipinski definition) is 3. The molecule has 0 saturated carbocycles. The summed E-state index contributed by atoms with van der Waals surface area (Å²) in [6, 6.07) is 10.6. The summed E-state index contributed by atoms with van der Waals surface area (Å²) in [7, 11) is 1.60. The second kappa shape index (κ2) is 5.83. The molecule has 1 aromatic carbocycles. The molecular weight excluding hydrogens is 244 g/mol. The molecule has 0 aliphatic carbocycles. The summed E-state index contributed by atoms with van der Waals surface area (Å²) in [5.41, 5.74) is 3.33. The van der Waals surface area contributed by atoms with Crippen LogP contribution in [-0.4, -0.2) is 18.0 Å². The van der Waals surface area contributed by atoms with E-state index in [0.717, 1.165) is 11.4 Å². The monoisotopic (exact) mass is 258 g/mol. The molecule has 0 atom stereocenters. The third-order valence-corrected chi connectivity index (χ3v) is 2.50. The predicted molar refractivity (Wildman–Crippen MR) is 72.2 cm³/mol. The number of ether oxygens (including phenoxy) is 1. The third kappa shape index (κ3) is 3.20. The zero-order chi connectivity index (χ0) is 13.7. The summed E-state index contributed by atoms with van der Waals surface area (Å²) in [5.74, 6) is 6.01. The van der Waals surface area contributed by atoms with Crippen LogP contribution >= 0.6 is 0 Å². The number of aromatic nitrogens is 1. The quantitative estimate of drug-likeness (QED) is 0.438. The predicted octanol–water partition coefficient (Wildman–Crippen LogP) is 1.44. The van der Waals surface area contributed by atoms with Crippen molar-refractivity contribution < 1.29 is 9.53 Å². The van der Waals surface area contributed by atoms with Crippen LogP contribution in [0.3, 0.4) is 0 Å². The maximum atomic E-state index is 11.4. The lowest BCUT2D eigenvalue weighted by molar-refractivity contribution is 0.0953. The summed E-state index contributed by atoms with van der Waals surface area (Å²) >= 11 is 0. The zero-order valence-electron chi connectivity index (χ0n) is 10.4. The van der Waals surface area contributed by atoms with Crippen molar-refractivity contribution in [2.24, 2.45) is 5.84 Å². The molecule has 19 heavy (non-hydrogen) atoms. The number of pyridine rings is 1. The van der Waals surface area contributed by atoms with Crippen molar-refractivity contribution >= 4 is 17.4 Å². The van der Waals surface area contributed by atoms with Gasteiger partial charge < -0.3 is 10.1 Å². The third-order valence-electron chi connectivity index (χ3n) is 2.50. The van der Waals surface area contributed by atoms with E-state index >= 15 is 0 Å². The molecule has 1 aromatic heterocycles. The smallest absolute Gasteiger partial charge is 0.265 e. The van der Waals surface area contributed by atoms with Crippen molar-refractivity contribution in [3.05, 3.63) is 48.2 Å². The van der Waals surface area contributed by atoms with Crippen LogP contribution < -0.4 is 21.3 Å². The summed E-state index contributed by atoms with van der Waals surface area (Å²) in [5, 5.41) is 3.09. The minimum atomic E-state index is -0.365. The Morgan fingerprint density at radius 3 is 2.89 bits per heavy atom. The Morgan fingerprint density at radius 1 is 1.32 bits per heavy atom. The highest BCUT2D eigenvalue weighted by atomic mass is 16.5. The standard InChI is InChI=1S/C13H14N4O2/c1-19-11-4-2-3-10(8-11)16-12-7-9(5-6-15-12)13(18)17-14/h2-8H,14H2,1H3,(H,15,16)(H,17,18). The number of methoxy groups -OCH3 is 1. The van der Waals surface area contributed by atoms with Crippen LogP contribution in [0.25, 0.3) is 0 Å². The van der Waals surface area contributed by atoms with E-state index in [4.69, 9.17) is 10.6 Å². The SMILES string of the molecule is COc1cccc(Nc2cc(C(=O)NN)ccn2)c1. The van der Waals surface area contributed by atoms with E-state index in [1.54, 1.807) is 19.2 Å². The van der Waals surface area contributed by atoms with E-state index in [1.807, 2.05) is 24.3 Å². The number of nitrogens with zero attached hydrogens (tertiary/aromatic N) is 1. The highest BCUT2D eigenvalue weighted by Crippen LogP contribution is 2.20. The van der Waals surface area contributed by atoms with Gasteiger partial charge in [0.25, 0.3) is 5.91 Å². The largest absolute Gasteiger partial charge is 0.497 e. The van der Waals surface area contributed by atoms with Crippen LogP contribution in [0.15, 0.2) is 42.6 Å². The van der Waals surface area contributed by atoms with E-state index in [1.165, 1.54) is 6.20 Å². The average molecular weight is 258 g/mol. The number of carbonyl (C=O) groups is 1. The van der Waals surface area contributed by atoms with E-state index in [2.05, 4.69) is 15.7 Å². The Labute approximate surface area is 110 Å². The Hall–Kier alpha value is -2.60. The van der Waals surface area contributed by atoms with Crippen molar-refractivity contribution in [1.82, 2.24) is 10.4 Å². The van der Waals surface area contributed by atoms with Crippen LogP contribution in [0.1, 0.15) is 10.4 Å². The molecule has 0 saturated heterocycles. The van der Waals surface area contributed by atoms with Crippen molar-refractivity contribution in [1.29, 1.82) is 0 Å². The first-order chi connectivity index (χ1) is 9.22. The first-order valence-corrected chi connectivity index (χ1v) is 5.61. The number of nitrogens with one attached hydrogen (secondary N) is 2. The molecule has 0 fully saturated rings. The second-order valence-electron chi connectivity index (χ2n) is 3.76. The molecule has 6 nitrogen and oxygen atoms in total. The average Bonchev–Trinajstić information content (AvgIpc) is 2.47. The number of carbonyl (C=O) groups excluding carboxylic acids is 1. The van der Waals surface area contributed by atoms with Crippen molar-refractivity contribution in [2.45, 2.75) is 0 Å². The number of benzene rings is 1. The fourth-order valence-corrected chi connectivity index (χ4v) is 1.57. The lowest BCUT2D eigenvalue weighted by atomic mass is 10.2. The summed E-state index contributed by atoms with van der Waals surface area (Å²) in [4.78, 5) is 15.5. The molecule has 0 aliphatic rings. The maximum absolute atomic E-state index is 11.4. The van der Waals surface area contributed by atoms with Gasteiger partial charge in [0.1, 0.15) is 11.6 Å². The van der Waals surface area contributed by atoms with Crippen molar-refractivity contribution in [3.8, 4) is 5.75 Å². The second-order valence-corrected chi connectivity index (χ2v) is 3.76. The van der Waals surface area contributed by atoms with Gasteiger partial charge in [-0.2, -0.15) is 0 Å². The molecule has 1 heterocycles. The van der Waals surface area contributed by atoms with Gasteiger partial charge in [0.05, 0.1) is 7.11 Å². The van der Waals surface area contributed by atoms with Gasteiger partial charge in [-0.1, -0.05) is 6.07 Å². The number of nitrogen functional groups attached to an aromatic ring is 1. The van der Waals surface area contributed by atoms with Crippen molar-refractivity contribution in [3.63, 3.8) is 0 Å². The van der Waals surface area contributed by atoms with Gasteiger partial charge in [-0.3, -0.25) is 10.2 Å². The summed E-state index contributed by atoms with van der Waals surface area (Å²) in [6.07, 6.45) is 1.53. The Bertz CT molecular complexity index is 586. The lowest BCUT2D eigenvalue weighted by Crippen LogP contribution is -2.30. The van der Waals surface area contributed by atoms with Gasteiger partial charge in [-0.25, -0.2) is 10.8 Å². The van der Waals surface area contributed by atoms with Gasteiger partial charge in [-0.15, -0.1) is 0 Å². The lowest BCUT2D eigenvalue weighted by Gasteiger charge is -2.08. The van der Waals surface area contributed by atoms with Crippen molar-refractivity contribution in [2.75, 3.05) is 12.4 Å². The minimum absolute atomic E-state index is 0.365. The Balaban J connectivity index is 2.20. The number of nitrogens with two attached hydrogens (primary N) is 1. The maximum Gasteiger partial charge on any atom is 0.265 e. The summed E-state index contributed by atoms with van der Waals surface area (Å²) < 4.78 is 5.13. The molecule has 98 valence electrons. The molecule has 0 bridgehead atoms. The fourth-order valence-electron chi connectivity index (χ4n) is 1.57. The Morgan fingerprint density at radius 2 is 2.16 bits per heavy atom. The molecule has 4 N–H and O–H groups in total. The number of rotatable bonds is 4. The molecule has 0 unspecified atom stereocenters. The van der Waals surface area contributed by atoms with Gasteiger partial charge in [0.2, 0.25) is 0 Å². The number of hydrazine groups is 1. The van der Waals surface area contributed by atoms with Crippen LogP contribution in [0, 0.1) is 0 Å². The van der Waals surface area contributed by atoms with Gasteiger partial charge >= 0.3 is 0 Å². The molecule has 1 amide bonds. The van der Waals surface area contributed by atoms with Gasteiger partial charge in [-0.05, 0) is 24.3 Å². The van der Waals surface area contributed by atoms with E-state index in [-0.39, 0.29) is 5.91 Å². The van der Waals surface area contributed by atoms with E-state index in [9.17, 15) is 4.79 Å². The first kappa shape index (κ1) is 12.8. The normalized spacial score (nSPS) is 9.79. The number of hydrogen-bond acceptors (Lipinski definition) is 5. The van der Waals surface area contributed by atoms with E-state index in [0.29, 0.717) is 11.4 Å². The highest BCUT2D eigenvalue weighted by Gasteiger charge is 2.05. The first-order valence-electron chi connectivity index (χ1n) is 5.61. The van der Waals surface area contributed by atoms with Gasteiger partial charge in [0.15, 0.2) is 0 Å². The molecule has 2 rings (SSSR count). The molecule has 2 aromatic rings. The highest BCUT2D eigenvalue weighted by molar-refractivity contribution is 5.94. The van der Waals surface area contributed by atoms with Crippen LogP contribution in [0.2, 0.25) is 0 Å². The Kier molecular flexibility index (Phi) is 3.94.